The lowest BCUT2D eigenvalue weighted by Crippen LogP contribution is -2.54. The first-order valence-electron chi connectivity index (χ1n) is 11.9. The lowest BCUT2D eigenvalue weighted by atomic mass is 9.83. The molecule has 1 aliphatic rings. The summed E-state index contributed by atoms with van der Waals surface area (Å²) in [5.74, 6) is -3.68. The maximum absolute atomic E-state index is 15.8. The SMILES string of the molecule is N#CCC1(n2cc(C(N)=O)c(CNC(=O)O)n2)CCN(Cc2c(F)cc(-c3ccccc3)c(O)c2F)CC1F. The number of nitrogens with two attached hydrogens (primary N) is 1. The Kier molecular flexibility index (Phi) is 7.78. The van der Waals surface area contributed by atoms with Gasteiger partial charge < -0.3 is 21.3 Å². The van der Waals surface area contributed by atoms with Gasteiger partial charge in [-0.3, -0.25) is 14.4 Å². The van der Waals surface area contributed by atoms with Crippen LogP contribution in [-0.4, -0.2) is 56.2 Å². The van der Waals surface area contributed by atoms with Crippen LogP contribution in [0.4, 0.5) is 18.0 Å². The van der Waals surface area contributed by atoms with Crippen LogP contribution in [0.1, 0.15) is 34.5 Å². The molecule has 204 valence electrons. The molecule has 13 heteroatoms. The van der Waals surface area contributed by atoms with Crippen LogP contribution in [0, 0.1) is 23.0 Å². The highest BCUT2D eigenvalue weighted by Gasteiger charge is 2.47. The lowest BCUT2D eigenvalue weighted by Gasteiger charge is -2.43. The van der Waals surface area contributed by atoms with Crippen molar-refractivity contribution in [3.8, 4) is 22.9 Å². The second-order valence-corrected chi connectivity index (χ2v) is 9.26. The molecule has 3 aromatic rings. The molecule has 2 atom stereocenters. The van der Waals surface area contributed by atoms with Gasteiger partial charge in [-0.15, -0.1) is 0 Å². The zero-order valence-electron chi connectivity index (χ0n) is 20.6. The van der Waals surface area contributed by atoms with Crippen LogP contribution in [0.25, 0.3) is 11.1 Å². The summed E-state index contributed by atoms with van der Waals surface area (Å²) in [5.41, 5.74) is 3.68. The summed E-state index contributed by atoms with van der Waals surface area (Å²) in [6, 6.07) is 11.2. The molecule has 2 amide bonds. The maximum atomic E-state index is 15.8. The van der Waals surface area contributed by atoms with Crippen molar-refractivity contribution in [3.63, 3.8) is 0 Å². The molecule has 39 heavy (non-hydrogen) atoms. The molecular weight excluding hydrogens is 517 g/mol. The van der Waals surface area contributed by atoms with E-state index in [1.807, 2.05) is 6.07 Å². The van der Waals surface area contributed by atoms with E-state index in [0.29, 0.717) is 5.56 Å². The van der Waals surface area contributed by atoms with Crippen LogP contribution < -0.4 is 11.1 Å². The van der Waals surface area contributed by atoms with E-state index in [-0.39, 0.29) is 55.8 Å². The van der Waals surface area contributed by atoms with Crippen molar-refractivity contribution in [2.75, 3.05) is 13.1 Å². The smallest absolute Gasteiger partial charge is 0.404 e. The summed E-state index contributed by atoms with van der Waals surface area (Å²) in [5, 5.41) is 35.0. The molecule has 1 saturated heterocycles. The number of aromatic nitrogens is 2. The Morgan fingerprint density at radius 3 is 2.62 bits per heavy atom. The average molecular weight is 543 g/mol. The third kappa shape index (κ3) is 5.37. The number of benzene rings is 2. The summed E-state index contributed by atoms with van der Waals surface area (Å²) in [6.45, 7) is -0.955. The molecule has 2 unspecified atom stereocenters. The van der Waals surface area contributed by atoms with Gasteiger partial charge in [-0.25, -0.2) is 18.0 Å². The number of rotatable bonds is 8. The number of alkyl halides is 1. The molecule has 5 N–H and O–H groups in total. The van der Waals surface area contributed by atoms with Crippen molar-refractivity contribution in [1.82, 2.24) is 20.0 Å². The fourth-order valence-corrected chi connectivity index (χ4v) is 4.80. The lowest BCUT2D eigenvalue weighted by molar-refractivity contribution is 0.00580. The van der Waals surface area contributed by atoms with E-state index in [2.05, 4.69) is 10.4 Å². The van der Waals surface area contributed by atoms with E-state index in [9.17, 15) is 24.3 Å². The predicted octanol–water partition coefficient (Wildman–Crippen LogP) is 3.25. The van der Waals surface area contributed by atoms with E-state index in [1.165, 1.54) is 11.1 Å². The molecule has 0 radical (unpaired) electrons. The Balaban J connectivity index is 1.59. The van der Waals surface area contributed by atoms with E-state index in [1.54, 1.807) is 30.3 Å². The van der Waals surface area contributed by atoms with Crippen LogP contribution in [0.5, 0.6) is 5.75 Å². The van der Waals surface area contributed by atoms with Crippen LogP contribution in [0.2, 0.25) is 0 Å². The number of likely N-dealkylation sites (tertiary alicyclic amines) is 1. The number of carbonyl (C=O) groups is 2. The Morgan fingerprint density at radius 1 is 1.28 bits per heavy atom. The standard InChI is InChI=1S/C26H25F3N6O4/c27-19-10-16(15-4-2-1-3-5-15)23(36)22(29)17(19)12-34-9-7-26(6-8-30,21(28)14-34)35-13-18(24(31)37)20(33-35)11-32-25(38)39/h1-5,10,13,21,32,36H,6-7,9,11-12,14H2,(H2,31,37)(H,38,39). The summed E-state index contributed by atoms with van der Waals surface area (Å²) in [7, 11) is 0. The molecule has 4 rings (SSSR count). The van der Waals surface area contributed by atoms with Crippen LogP contribution >= 0.6 is 0 Å². The Labute approximate surface area is 221 Å². The molecule has 0 spiro atoms. The Bertz CT molecular complexity index is 1440. The minimum atomic E-state index is -1.77. The number of carboxylic acid groups (broad SMARTS) is 1. The number of piperidine rings is 1. The van der Waals surface area contributed by atoms with Gasteiger partial charge in [0.05, 0.1) is 30.3 Å². The molecule has 2 aromatic carbocycles. The molecule has 1 fully saturated rings. The monoisotopic (exact) mass is 542 g/mol. The largest absolute Gasteiger partial charge is 0.504 e. The number of phenols is 1. The van der Waals surface area contributed by atoms with Gasteiger partial charge in [0, 0.05) is 37.0 Å². The van der Waals surface area contributed by atoms with Gasteiger partial charge in [0.15, 0.2) is 11.6 Å². The number of nitrogens with one attached hydrogen (secondary N) is 1. The number of nitriles is 1. The number of hydrogen-bond acceptors (Lipinski definition) is 6. The number of phenolic OH excluding ortho intramolecular Hbond substituents is 1. The number of aromatic hydroxyl groups is 1. The molecule has 0 bridgehead atoms. The molecule has 1 aromatic heterocycles. The van der Waals surface area contributed by atoms with E-state index >= 15 is 8.78 Å². The fraction of sp³-hybridized carbons (Fsp3) is 0.308. The average Bonchev–Trinajstić information content (AvgIpc) is 3.35. The zero-order chi connectivity index (χ0) is 28.3. The summed E-state index contributed by atoms with van der Waals surface area (Å²) in [6.07, 6.45) is -2.32. The Morgan fingerprint density at radius 2 is 2.00 bits per heavy atom. The van der Waals surface area contributed by atoms with Gasteiger partial charge in [0.25, 0.3) is 5.91 Å². The second kappa shape index (κ2) is 11.0. The van der Waals surface area contributed by atoms with Gasteiger partial charge in [0.1, 0.15) is 17.5 Å². The number of amides is 2. The minimum absolute atomic E-state index is 0.0125. The first kappa shape index (κ1) is 27.5. The number of halogens is 3. The van der Waals surface area contributed by atoms with Crippen molar-refractivity contribution >= 4 is 12.0 Å². The second-order valence-electron chi connectivity index (χ2n) is 9.26. The van der Waals surface area contributed by atoms with Gasteiger partial charge >= 0.3 is 6.09 Å². The normalized spacial score (nSPS) is 19.4. The van der Waals surface area contributed by atoms with Crippen molar-refractivity contribution in [3.05, 3.63) is 71.1 Å². The molecule has 1 aliphatic heterocycles. The van der Waals surface area contributed by atoms with E-state index in [4.69, 9.17) is 10.8 Å². The molecule has 0 aliphatic carbocycles. The molecule has 10 nitrogen and oxygen atoms in total. The van der Waals surface area contributed by atoms with Crippen molar-refractivity contribution in [1.29, 1.82) is 5.26 Å². The van der Waals surface area contributed by atoms with E-state index < -0.39 is 46.7 Å². The van der Waals surface area contributed by atoms with Gasteiger partial charge in [-0.1, -0.05) is 30.3 Å². The topological polar surface area (TPSA) is 158 Å². The highest BCUT2D eigenvalue weighted by molar-refractivity contribution is 5.93. The number of carbonyl (C=O) groups excluding carboxylic acids is 1. The van der Waals surface area contributed by atoms with Gasteiger partial charge in [-0.05, 0) is 18.1 Å². The predicted molar refractivity (Wildman–Crippen MR) is 132 cm³/mol. The van der Waals surface area contributed by atoms with Crippen molar-refractivity contribution in [2.24, 2.45) is 5.73 Å². The summed E-state index contributed by atoms with van der Waals surface area (Å²) < 4.78 is 47.0. The van der Waals surface area contributed by atoms with Gasteiger partial charge in [0.2, 0.25) is 0 Å². The number of hydrogen-bond donors (Lipinski definition) is 4. The zero-order valence-corrected chi connectivity index (χ0v) is 20.6. The molecule has 2 heterocycles. The van der Waals surface area contributed by atoms with Crippen LogP contribution in [0.3, 0.4) is 0 Å². The third-order valence-electron chi connectivity index (χ3n) is 6.92. The fourth-order valence-electron chi connectivity index (χ4n) is 4.80. The quantitative estimate of drug-likeness (QED) is 0.340. The van der Waals surface area contributed by atoms with Crippen LogP contribution in [-0.2, 0) is 18.6 Å². The van der Waals surface area contributed by atoms with Gasteiger partial charge in [-0.2, -0.15) is 10.4 Å². The number of primary amides is 1. The minimum Gasteiger partial charge on any atom is -0.504 e. The first-order valence-corrected chi connectivity index (χ1v) is 11.9. The number of nitrogens with zero attached hydrogens (tertiary/aromatic N) is 4. The van der Waals surface area contributed by atoms with Crippen molar-refractivity contribution < 1.29 is 33.0 Å². The summed E-state index contributed by atoms with van der Waals surface area (Å²) >= 11 is 0. The highest BCUT2D eigenvalue weighted by Crippen LogP contribution is 2.39. The maximum Gasteiger partial charge on any atom is 0.404 e. The van der Waals surface area contributed by atoms with Crippen molar-refractivity contribution in [2.45, 2.75) is 37.6 Å². The molecular formula is C26H25F3N6O4. The van der Waals surface area contributed by atoms with E-state index in [0.717, 1.165) is 10.7 Å². The Hall–Kier alpha value is -4.57. The van der Waals surface area contributed by atoms with Crippen LogP contribution in [0.15, 0.2) is 42.6 Å². The third-order valence-corrected chi connectivity index (χ3v) is 6.92. The molecule has 0 saturated carbocycles. The summed E-state index contributed by atoms with van der Waals surface area (Å²) in [4.78, 5) is 24.2. The highest BCUT2D eigenvalue weighted by atomic mass is 19.1. The first-order chi connectivity index (χ1) is 18.6.